The van der Waals surface area contributed by atoms with Gasteiger partial charge in [-0.3, -0.25) is 0 Å². The lowest BCUT2D eigenvalue weighted by Gasteiger charge is -2.23. The standard InChI is InChI=1S/C15H25ClN2O/c1-4-8-17-12-13-6-7-14(16)11-15(13)18(3)9-10-19-5-2/h6-7,11,17H,4-5,8-10,12H2,1-3H3. The van der Waals surface area contributed by atoms with Crippen molar-refractivity contribution in [3.05, 3.63) is 28.8 Å². The van der Waals surface area contributed by atoms with Crippen molar-refractivity contribution in [3.8, 4) is 0 Å². The van der Waals surface area contributed by atoms with Crippen molar-refractivity contribution in [2.75, 3.05) is 38.3 Å². The Hall–Kier alpha value is -0.770. The van der Waals surface area contributed by atoms with Gasteiger partial charge in [0.05, 0.1) is 6.61 Å². The third-order valence-electron chi connectivity index (χ3n) is 2.98. The molecule has 0 aliphatic carbocycles. The Labute approximate surface area is 121 Å². The zero-order chi connectivity index (χ0) is 14.1. The number of anilines is 1. The molecule has 0 aliphatic heterocycles. The van der Waals surface area contributed by atoms with Crippen molar-refractivity contribution in [1.29, 1.82) is 0 Å². The van der Waals surface area contributed by atoms with Crippen LogP contribution in [0.25, 0.3) is 0 Å². The average Bonchev–Trinajstić information content (AvgIpc) is 2.40. The number of nitrogens with zero attached hydrogens (tertiary/aromatic N) is 1. The highest BCUT2D eigenvalue weighted by molar-refractivity contribution is 6.30. The zero-order valence-electron chi connectivity index (χ0n) is 12.2. The van der Waals surface area contributed by atoms with Crippen molar-refractivity contribution in [3.63, 3.8) is 0 Å². The summed E-state index contributed by atoms with van der Waals surface area (Å²) in [4.78, 5) is 2.20. The van der Waals surface area contributed by atoms with Gasteiger partial charge in [0.25, 0.3) is 0 Å². The Bertz CT molecular complexity index is 371. The number of benzene rings is 1. The van der Waals surface area contributed by atoms with Crippen LogP contribution in [-0.4, -0.2) is 33.4 Å². The molecule has 0 unspecified atom stereocenters. The van der Waals surface area contributed by atoms with Gasteiger partial charge in [0, 0.05) is 37.5 Å². The summed E-state index contributed by atoms with van der Waals surface area (Å²) >= 11 is 6.11. The lowest BCUT2D eigenvalue weighted by molar-refractivity contribution is 0.154. The Kier molecular flexibility index (Phi) is 7.87. The van der Waals surface area contributed by atoms with Gasteiger partial charge in [0.15, 0.2) is 0 Å². The molecule has 0 fully saturated rings. The summed E-state index contributed by atoms with van der Waals surface area (Å²) in [5.74, 6) is 0. The van der Waals surface area contributed by atoms with Crippen LogP contribution < -0.4 is 10.2 Å². The fraction of sp³-hybridized carbons (Fsp3) is 0.600. The van der Waals surface area contributed by atoms with Gasteiger partial charge in [-0.15, -0.1) is 0 Å². The van der Waals surface area contributed by atoms with Gasteiger partial charge in [-0.2, -0.15) is 0 Å². The minimum absolute atomic E-state index is 0.737. The largest absolute Gasteiger partial charge is 0.380 e. The first-order valence-electron chi connectivity index (χ1n) is 6.97. The second kappa shape index (κ2) is 9.18. The summed E-state index contributed by atoms with van der Waals surface area (Å²) < 4.78 is 5.40. The smallest absolute Gasteiger partial charge is 0.0641 e. The minimum atomic E-state index is 0.737. The third kappa shape index (κ3) is 5.81. The average molecular weight is 285 g/mol. The topological polar surface area (TPSA) is 24.5 Å². The van der Waals surface area contributed by atoms with Gasteiger partial charge in [-0.1, -0.05) is 24.6 Å². The monoisotopic (exact) mass is 284 g/mol. The summed E-state index contributed by atoms with van der Waals surface area (Å²) in [6.45, 7) is 8.46. The Morgan fingerprint density at radius 2 is 2.11 bits per heavy atom. The van der Waals surface area contributed by atoms with Gasteiger partial charge >= 0.3 is 0 Å². The van der Waals surface area contributed by atoms with Gasteiger partial charge in [-0.05, 0) is 37.6 Å². The zero-order valence-corrected chi connectivity index (χ0v) is 13.0. The van der Waals surface area contributed by atoms with Crippen LogP contribution in [0.4, 0.5) is 5.69 Å². The van der Waals surface area contributed by atoms with Crippen molar-refractivity contribution in [2.45, 2.75) is 26.8 Å². The molecule has 3 nitrogen and oxygen atoms in total. The third-order valence-corrected chi connectivity index (χ3v) is 3.21. The number of likely N-dealkylation sites (N-methyl/N-ethyl adjacent to an activating group) is 1. The summed E-state index contributed by atoms with van der Waals surface area (Å²) in [7, 11) is 2.08. The molecule has 0 saturated heterocycles. The van der Waals surface area contributed by atoms with Crippen molar-refractivity contribution in [1.82, 2.24) is 5.32 Å². The number of ether oxygens (including phenoxy) is 1. The Morgan fingerprint density at radius 3 is 2.79 bits per heavy atom. The molecule has 0 heterocycles. The Balaban J connectivity index is 2.69. The fourth-order valence-corrected chi connectivity index (χ4v) is 2.07. The second-order valence-electron chi connectivity index (χ2n) is 4.57. The normalized spacial score (nSPS) is 10.7. The van der Waals surface area contributed by atoms with E-state index >= 15 is 0 Å². The van der Waals surface area contributed by atoms with E-state index in [0.29, 0.717) is 0 Å². The summed E-state index contributed by atoms with van der Waals surface area (Å²) in [5.41, 5.74) is 2.45. The lowest BCUT2D eigenvalue weighted by atomic mass is 10.1. The van der Waals surface area contributed by atoms with Crippen LogP contribution in [0.2, 0.25) is 5.02 Å². The molecule has 0 aliphatic rings. The van der Waals surface area contributed by atoms with Crippen molar-refractivity contribution in [2.24, 2.45) is 0 Å². The first-order valence-corrected chi connectivity index (χ1v) is 7.34. The maximum absolute atomic E-state index is 6.11. The van der Waals surface area contributed by atoms with Crippen LogP contribution in [0.3, 0.4) is 0 Å². The van der Waals surface area contributed by atoms with Gasteiger partial charge in [0.1, 0.15) is 0 Å². The number of halogens is 1. The van der Waals surface area contributed by atoms with E-state index in [9.17, 15) is 0 Å². The summed E-state index contributed by atoms with van der Waals surface area (Å²) in [6.07, 6.45) is 1.14. The molecule has 19 heavy (non-hydrogen) atoms. The van der Waals surface area contributed by atoms with Crippen LogP contribution in [0, 0.1) is 0 Å². The molecule has 1 aromatic carbocycles. The number of hydrogen-bond acceptors (Lipinski definition) is 3. The molecule has 0 saturated carbocycles. The van der Waals surface area contributed by atoms with Crippen molar-refractivity contribution < 1.29 is 4.74 Å². The van der Waals surface area contributed by atoms with Gasteiger partial charge in [-0.25, -0.2) is 0 Å². The SMILES string of the molecule is CCCNCc1ccc(Cl)cc1N(C)CCOCC. The van der Waals surface area contributed by atoms with E-state index in [1.54, 1.807) is 0 Å². The fourth-order valence-electron chi connectivity index (χ4n) is 1.91. The van der Waals surface area contributed by atoms with E-state index in [-0.39, 0.29) is 0 Å². The highest BCUT2D eigenvalue weighted by Crippen LogP contribution is 2.24. The van der Waals surface area contributed by atoms with E-state index in [4.69, 9.17) is 16.3 Å². The Morgan fingerprint density at radius 1 is 1.32 bits per heavy atom. The van der Waals surface area contributed by atoms with E-state index in [1.807, 2.05) is 19.1 Å². The minimum Gasteiger partial charge on any atom is -0.380 e. The first kappa shape index (κ1) is 16.3. The maximum Gasteiger partial charge on any atom is 0.0641 e. The van der Waals surface area contributed by atoms with E-state index in [0.717, 1.165) is 44.3 Å². The van der Waals surface area contributed by atoms with Crippen LogP contribution in [0.1, 0.15) is 25.8 Å². The quantitative estimate of drug-likeness (QED) is 0.704. The molecular formula is C15H25ClN2O. The molecular weight excluding hydrogens is 260 g/mol. The van der Waals surface area contributed by atoms with Crippen LogP contribution in [-0.2, 0) is 11.3 Å². The van der Waals surface area contributed by atoms with E-state index < -0.39 is 0 Å². The highest BCUT2D eigenvalue weighted by atomic mass is 35.5. The molecule has 0 amide bonds. The number of rotatable bonds is 9. The van der Waals surface area contributed by atoms with Crippen LogP contribution in [0.15, 0.2) is 18.2 Å². The molecule has 0 radical (unpaired) electrons. The van der Waals surface area contributed by atoms with Gasteiger partial charge in [0.2, 0.25) is 0 Å². The van der Waals surface area contributed by atoms with Crippen LogP contribution >= 0.6 is 11.6 Å². The van der Waals surface area contributed by atoms with Crippen LogP contribution in [0.5, 0.6) is 0 Å². The number of hydrogen-bond donors (Lipinski definition) is 1. The lowest BCUT2D eigenvalue weighted by Crippen LogP contribution is -2.25. The number of nitrogens with one attached hydrogen (secondary N) is 1. The maximum atomic E-state index is 6.11. The molecule has 108 valence electrons. The molecule has 0 bridgehead atoms. The molecule has 1 N–H and O–H groups in total. The van der Waals surface area contributed by atoms with E-state index in [2.05, 4.69) is 30.3 Å². The molecule has 0 atom stereocenters. The molecule has 1 aromatic rings. The predicted octanol–water partition coefficient (Wildman–Crippen LogP) is 3.31. The summed E-state index contributed by atoms with van der Waals surface area (Å²) in [5, 5.41) is 4.21. The predicted molar refractivity (Wildman–Crippen MR) is 83.2 cm³/mol. The van der Waals surface area contributed by atoms with Crippen molar-refractivity contribution >= 4 is 17.3 Å². The highest BCUT2D eigenvalue weighted by Gasteiger charge is 2.08. The molecule has 0 spiro atoms. The van der Waals surface area contributed by atoms with Gasteiger partial charge < -0.3 is 15.0 Å². The summed E-state index contributed by atoms with van der Waals surface area (Å²) in [6, 6.07) is 6.07. The molecule has 1 rings (SSSR count). The van der Waals surface area contributed by atoms with E-state index in [1.165, 1.54) is 11.3 Å². The molecule has 0 aromatic heterocycles. The second-order valence-corrected chi connectivity index (χ2v) is 5.00. The first-order chi connectivity index (χ1) is 9.19. The molecule has 4 heteroatoms.